The van der Waals surface area contributed by atoms with Crippen LogP contribution in [0.1, 0.15) is 0 Å². The zero-order valence-electron chi connectivity index (χ0n) is 7.72. The van der Waals surface area contributed by atoms with Crippen LogP contribution in [0.25, 0.3) is 0 Å². The molecular formula is C10H8ClN3S. The van der Waals surface area contributed by atoms with E-state index in [1.807, 2.05) is 12.1 Å². The molecule has 2 rings (SSSR count). The molecule has 0 aliphatic rings. The predicted molar refractivity (Wildman–Crippen MR) is 62.0 cm³/mol. The van der Waals surface area contributed by atoms with Gasteiger partial charge in [-0.3, -0.25) is 0 Å². The third-order valence-electron chi connectivity index (χ3n) is 1.68. The Morgan fingerprint density at radius 2 is 2.07 bits per heavy atom. The Labute approximate surface area is 96.7 Å². The van der Waals surface area contributed by atoms with Crippen LogP contribution in [0.15, 0.2) is 46.6 Å². The quantitative estimate of drug-likeness (QED) is 0.873. The molecule has 0 spiro atoms. The molecule has 3 nitrogen and oxygen atoms in total. The van der Waals surface area contributed by atoms with Crippen molar-refractivity contribution < 1.29 is 0 Å². The van der Waals surface area contributed by atoms with E-state index in [0.717, 1.165) is 9.92 Å². The number of nitrogens with two attached hydrogens (primary N) is 1. The molecule has 0 unspecified atom stereocenters. The van der Waals surface area contributed by atoms with Crippen molar-refractivity contribution in [2.45, 2.75) is 9.92 Å². The minimum absolute atomic E-state index is 0.508. The summed E-state index contributed by atoms with van der Waals surface area (Å²) in [5.41, 5.74) is 5.57. The number of nitrogens with zero attached hydrogens (tertiary/aromatic N) is 2. The number of anilines is 1. The predicted octanol–water partition coefficient (Wildman–Crippen LogP) is 2.86. The van der Waals surface area contributed by atoms with Crippen molar-refractivity contribution in [2.24, 2.45) is 0 Å². The van der Waals surface area contributed by atoms with Gasteiger partial charge in [0, 0.05) is 17.3 Å². The van der Waals surface area contributed by atoms with Gasteiger partial charge >= 0.3 is 0 Å². The summed E-state index contributed by atoms with van der Waals surface area (Å²) in [6, 6.07) is 7.36. The number of pyridine rings is 2. The lowest BCUT2D eigenvalue weighted by atomic mass is 10.5. The van der Waals surface area contributed by atoms with E-state index in [1.54, 1.807) is 24.5 Å². The zero-order chi connectivity index (χ0) is 10.7. The van der Waals surface area contributed by atoms with Gasteiger partial charge < -0.3 is 5.73 Å². The van der Waals surface area contributed by atoms with Crippen LogP contribution in [0.4, 0.5) is 5.82 Å². The highest BCUT2D eigenvalue weighted by Crippen LogP contribution is 2.26. The zero-order valence-corrected chi connectivity index (χ0v) is 9.29. The molecule has 0 fully saturated rings. The molecule has 0 aromatic carbocycles. The number of hydrogen-bond donors (Lipinski definition) is 1. The third kappa shape index (κ3) is 2.84. The maximum Gasteiger partial charge on any atom is 0.124 e. The Kier molecular flexibility index (Phi) is 3.08. The van der Waals surface area contributed by atoms with Crippen molar-refractivity contribution in [3.63, 3.8) is 0 Å². The molecule has 2 aromatic heterocycles. The van der Waals surface area contributed by atoms with E-state index in [1.165, 1.54) is 11.8 Å². The standard InChI is InChI=1S/C10H8ClN3S/c11-7-1-2-10(14-6-7)15-8-3-4-13-9(12)5-8/h1-6H,(H2,12,13). The van der Waals surface area contributed by atoms with Crippen LogP contribution in [0.3, 0.4) is 0 Å². The topological polar surface area (TPSA) is 51.8 Å². The number of hydrogen-bond acceptors (Lipinski definition) is 4. The first-order chi connectivity index (χ1) is 7.24. The van der Waals surface area contributed by atoms with Crippen LogP contribution in [0.2, 0.25) is 5.02 Å². The minimum atomic E-state index is 0.508. The highest BCUT2D eigenvalue weighted by Gasteiger charge is 1.99. The van der Waals surface area contributed by atoms with Crippen LogP contribution in [-0.2, 0) is 0 Å². The summed E-state index contributed by atoms with van der Waals surface area (Å²) in [6.45, 7) is 0. The van der Waals surface area contributed by atoms with Crippen LogP contribution < -0.4 is 5.73 Å². The lowest BCUT2D eigenvalue weighted by Crippen LogP contribution is -1.88. The number of rotatable bonds is 2. The van der Waals surface area contributed by atoms with Crippen molar-refractivity contribution in [3.05, 3.63) is 41.7 Å². The molecular weight excluding hydrogens is 230 g/mol. The third-order valence-corrected chi connectivity index (χ3v) is 2.84. The Morgan fingerprint density at radius 3 is 2.73 bits per heavy atom. The van der Waals surface area contributed by atoms with Crippen molar-refractivity contribution in [3.8, 4) is 0 Å². The molecule has 0 saturated carbocycles. The molecule has 0 atom stereocenters. The van der Waals surface area contributed by atoms with Crippen molar-refractivity contribution >= 4 is 29.2 Å². The van der Waals surface area contributed by atoms with Gasteiger partial charge in [0.05, 0.1) is 5.02 Å². The van der Waals surface area contributed by atoms with E-state index < -0.39 is 0 Å². The smallest absolute Gasteiger partial charge is 0.124 e. The number of halogens is 1. The Hall–Kier alpha value is -1.26. The van der Waals surface area contributed by atoms with Crippen LogP contribution >= 0.6 is 23.4 Å². The first kappa shape index (κ1) is 10.3. The van der Waals surface area contributed by atoms with Gasteiger partial charge in [0.15, 0.2) is 0 Å². The Morgan fingerprint density at radius 1 is 1.20 bits per heavy atom. The lowest BCUT2D eigenvalue weighted by Gasteiger charge is -2.00. The Bertz CT molecular complexity index is 458. The second-order valence-corrected chi connectivity index (χ2v) is 4.36. The summed E-state index contributed by atoms with van der Waals surface area (Å²) in [6.07, 6.45) is 3.29. The first-order valence-corrected chi connectivity index (χ1v) is 5.44. The second kappa shape index (κ2) is 4.51. The molecule has 0 radical (unpaired) electrons. The monoisotopic (exact) mass is 237 g/mol. The van der Waals surface area contributed by atoms with Crippen molar-refractivity contribution in [2.75, 3.05) is 5.73 Å². The molecule has 0 amide bonds. The largest absolute Gasteiger partial charge is 0.384 e. The van der Waals surface area contributed by atoms with Crippen LogP contribution in [0, 0.1) is 0 Å². The second-order valence-electron chi connectivity index (χ2n) is 2.83. The molecule has 0 bridgehead atoms. The molecule has 2 N–H and O–H groups in total. The highest BCUT2D eigenvalue weighted by molar-refractivity contribution is 7.99. The average Bonchev–Trinajstić information content (AvgIpc) is 2.22. The Balaban J connectivity index is 2.18. The molecule has 76 valence electrons. The molecule has 5 heteroatoms. The first-order valence-electron chi connectivity index (χ1n) is 4.25. The van der Waals surface area contributed by atoms with E-state index in [0.29, 0.717) is 10.8 Å². The minimum Gasteiger partial charge on any atom is -0.384 e. The van der Waals surface area contributed by atoms with Gasteiger partial charge in [0.2, 0.25) is 0 Å². The van der Waals surface area contributed by atoms with Crippen molar-refractivity contribution in [1.29, 1.82) is 0 Å². The molecule has 2 aromatic rings. The summed E-state index contributed by atoms with van der Waals surface area (Å²) in [7, 11) is 0. The average molecular weight is 238 g/mol. The maximum absolute atomic E-state index is 5.74. The van der Waals surface area contributed by atoms with E-state index in [2.05, 4.69) is 9.97 Å². The molecule has 15 heavy (non-hydrogen) atoms. The fourth-order valence-corrected chi connectivity index (χ4v) is 1.94. The van der Waals surface area contributed by atoms with Gasteiger partial charge in [0.25, 0.3) is 0 Å². The van der Waals surface area contributed by atoms with Gasteiger partial charge in [-0.2, -0.15) is 0 Å². The summed E-state index contributed by atoms with van der Waals surface area (Å²) in [4.78, 5) is 9.10. The lowest BCUT2D eigenvalue weighted by molar-refractivity contribution is 1.13. The molecule has 0 aliphatic heterocycles. The van der Waals surface area contributed by atoms with E-state index >= 15 is 0 Å². The van der Waals surface area contributed by atoms with E-state index in [4.69, 9.17) is 17.3 Å². The molecule has 0 aliphatic carbocycles. The highest BCUT2D eigenvalue weighted by atomic mass is 35.5. The molecule has 2 heterocycles. The number of aromatic nitrogens is 2. The van der Waals surface area contributed by atoms with Crippen LogP contribution in [-0.4, -0.2) is 9.97 Å². The normalized spacial score (nSPS) is 10.2. The van der Waals surface area contributed by atoms with Crippen molar-refractivity contribution in [1.82, 2.24) is 9.97 Å². The summed E-state index contributed by atoms with van der Waals surface area (Å²) in [5, 5.41) is 1.51. The van der Waals surface area contributed by atoms with E-state index in [-0.39, 0.29) is 0 Å². The van der Waals surface area contributed by atoms with Gasteiger partial charge in [0.1, 0.15) is 10.8 Å². The summed E-state index contributed by atoms with van der Waals surface area (Å²) >= 11 is 7.26. The summed E-state index contributed by atoms with van der Waals surface area (Å²) < 4.78 is 0. The van der Waals surface area contributed by atoms with Crippen LogP contribution in [0.5, 0.6) is 0 Å². The summed E-state index contributed by atoms with van der Waals surface area (Å²) in [5.74, 6) is 0.508. The van der Waals surface area contributed by atoms with Gasteiger partial charge in [-0.05, 0) is 24.3 Å². The SMILES string of the molecule is Nc1cc(Sc2ccc(Cl)cn2)ccn1. The van der Waals surface area contributed by atoms with Gasteiger partial charge in [-0.25, -0.2) is 9.97 Å². The maximum atomic E-state index is 5.74. The number of nitrogen functional groups attached to an aromatic ring is 1. The van der Waals surface area contributed by atoms with Gasteiger partial charge in [-0.15, -0.1) is 0 Å². The van der Waals surface area contributed by atoms with E-state index in [9.17, 15) is 0 Å². The van der Waals surface area contributed by atoms with Gasteiger partial charge in [-0.1, -0.05) is 23.4 Å². The fourth-order valence-electron chi connectivity index (χ4n) is 1.03. The molecule has 0 saturated heterocycles. The fraction of sp³-hybridized carbons (Fsp3) is 0.